The lowest BCUT2D eigenvalue weighted by Crippen LogP contribution is -2.58. The Balaban J connectivity index is 1.15. The Labute approximate surface area is 298 Å². The summed E-state index contributed by atoms with van der Waals surface area (Å²) in [6.45, 7) is 13.2. The van der Waals surface area contributed by atoms with Crippen LogP contribution >= 0.6 is 0 Å². The van der Waals surface area contributed by atoms with Gasteiger partial charge in [0.15, 0.2) is 12.1 Å². The molecule has 1 aromatic carbocycles. The fraction of sp³-hybridized carbons (Fsp3) is 0.674. The summed E-state index contributed by atoms with van der Waals surface area (Å²) in [6.07, 6.45) is 8.87. The fourth-order valence-corrected chi connectivity index (χ4v) is 10.9. The average molecular weight is 684 g/mol. The summed E-state index contributed by atoms with van der Waals surface area (Å²) < 4.78 is 27.0. The Morgan fingerprint density at radius 2 is 1.64 bits per heavy atom. The van der Waals surface area contributed by atoms with Crippen molar-refractivity contribution in [2.75, 3.05) is 26.4 Å². The first-order chi connectivity index (χ1) is 23.8. The molecule has 0 bridgehead atoms. The molecule has 1 aromatic heterocycles. The smallest absolute Gasteiger partial charge is 0.171 e. The highest BCUT2D eigenvalue weighted by atomic mass is 16.7. The number of benzene rings is 1. The van der Waals surface area contributed by atoms with Gasteiger partial charge in [-0.2, -0.15) is 0 Å². The van der Waals surface area contributed by atoms with Gasteiger partial charge in [0.25, 0.3) is 0 Å². The van der Waals surface area contributed by atoms with Crippen LogP contribution in [0.3, 0.4) is 0 Å². The van der Waals surface area contributed by atoms with Crippen LogP contribution in [0.5, 0.6) is 0 Å². The van der Waals surface area contributed by atoms with Crippen LogP contribution in [-0.2, 0) is 18.9 Å². The zero-order chi connectivity index (χ0) is 34.9. The second kappa shape index (κ2) is 12.6. The van der Waals surface area contributed by atoms with Crippen LogP contribution in [0.1, 0.15) is 114 Å². The highest BCUT2D eigenvalue weighted by Gasteiger charge is 2.64. The summed E-state index contributed by atoms with van der Waals surface area (Å²) in [5, 5.41) is 25.1. The maximum absolute atomic E-state index is 12.6. The molecule has 270 valence electrons. The van der Waals surface area contributed by atoms with Crippen molar-refractivity contribution in [2.24, 2.45) is 22.7 Å². The minimum Gasteiger partial charge on any atom is -0.385 e. The number of allylic oxidation sites excluding steroid dienone is 1. The number of ether oxygens (including phenoxy) is 4. The van der Waals surface area contributed by atoms with Gasteiger partial charge in [0.05, 0.1) is 18.8 Å². The van der Waals surface area contributed by atoms with E-state index in [2.05, 4.69) is 87.4 Å². The van der Waals surface area contributed by atoms with Crippen molar-refractivity contribution in [3.8, 4) is 17.5 Å². The number of hydrogen-bond acceptors (Lipinski definition) is 6. The topological polar surface area (TPSA) is 82.3 Å². The molecule has 7 atom stereocenters. The van der Waals surface area contributed by atoms with E-state index in [0.29, 0.717) is 32.5 Å². The third kappa shape index (κ3) is 5.83. The molecular formula is C43H57NO6. The summed E-state index contributed by atoms with van der Waals surface area (Å²) >= 11 is 0. The molecule has 4 aliphatic carbocycles. The lowest BCUT2D eigenvalue weighted by atomic mass is 9.49. The van der Waals surface area contributed by atoms with Gasteiger partial charge < -0.3 is 33.7 Å². The zero-order valence-electron chi connectivity index (χ0n) is 30.9. The summed E-state index contributed by atoms with van der Waals surface area (Å²) in [5.41, 5.74) is 4.98. The van der Waals surface area contributed by atoms with Gasteiger partial charge in [0.2, 0.25) is 0 Å². The van der Waals surface area contributed by atoms with Crippen LogP contribution in [0.4, 0.5) is 0 Å². The molecule has 1 spiro atoms. The van der Waals surface area contributed by atoms with E-state index in [0.717, 1.165) is 63.7 Å². The first kappa shape index (κ1) is 34.6. The van der Waals surface area contributed by atoms with Gasteiger partial charge >= 0.3 is 0 Å². The molecule has 0 amide bonds. The number of nitrogens with zero attached hydrogens (tertiary/aromatic N) is 1. The Hall–Kier alpha value is -2.44. The molecule has 3 saturated carbocycles. The van der Waals surface area contributed by atoms with Crippen molar-refractivity contribution in [2.45, 2.75) is 134 Å². The van der Waals surface area contributed by atoms with Crippen LogP contribution < -0.4 is 0 Å². The molecule has 50 heavy (non-hydrogen) atoms. The van der Waals surface area contributed by atoms with E-state index in [1.807, 2.05) is 0 Å². The van der Waals surface area contributed by atoms with Gasteiger partial charge in [-0.05, 0) is 119 Å². The van der Waals surface area contributed by atoms with Gasteiger partial charge in [-0.25, -0.2) is 0 Å². The van der Waals surface area contributed by atoms with Crippen LogP contribution in [-0.4, -0.2) is 64.5 Å². The van der Waals surface area contributed by atoms with E-state index < -0.39 is 22.4 Å². The minimum absolute atomic E-state index is 0.0228. The molecular weight excluding hydrogens is 626 g/mol. The SMILES string of the molecule is Cc1ccc(C)n1-c1ccc([C@H]2C[C@@]3(C)[C@@H](CC[C@@]3(O)C#CCOC3CCCCO3)[C@@H]3CC[C@@]4(O)CC5(CCC4=C32)OCC(C)(C)CO5)cc1. The molecule has 0 radical (unpaired) electrons. The Morgan fingerprint density at radius 1 is 0.900 bits per heavy atom. The lowest BCUT2D eigenvalue weighted by molar-refractivity contribution is -0.322. The van der Waals surface area contributed by atoms with E-state index in [4.69, 9.17) is 18.9 Å². The summed E-state index contributed by atoms with van der Waals surface area (Å²) in [4.78, 5) is 0. The first-order valence-electron chi connectivity index (χ1n) is 19.3. The zero-order valence-corrected chi connectivity index (χ0v) is 30.9. The van der Waals surface area contributed by atoms with E-state index in [1.165, 1.54) is 28.1 Å². The maximum Gasteiger partial charge on any atom is 0.171 e. The third-order valence-electron chi connectivity index (χ3n) is 13.6. The molecule has 2 aliphatic heterocycles. The molecule has 3 heterocycles. The highest BCUT2D eigenvalue weighted by molar-refractivity contribution is 5.47. The van der Waals surface area contributed by atoms with Crippen molar-refractivity contribution >= 4 is 0 Å². The Bertz CT molecular complexity index is 1660. The Morgan fingerprint density at radius 3 is 2.34 bits per heavy atom. The standard InChI is InChI=1S/C43H57NO6/c1-29-10-11-30(2)44(29)32-14-12-31(13-15-32)34-25-40(5)35(17-21-42(40,46)19-8-24-48-37-9-6-7-23-47-37)33-16-20-41(45)26-43(22-18-36(41)38(33)34)49-27-39(3,4)28-50-43/h10-15,33-35,37,45-46H,6-7,9,16-18,20-28H2,1-5H3/t33-,34+,35-,37?,40-,41+,42-/m0/s1. The predicted molar refractivity (Wildman–Crippen MR) is 193 cm³/mol. The third-order valence-corrected chi connectivity index (χ3v) is 13.6. The molecule has 7 heteroatoms. The number of aliphatic hydroxyl groups is 2. The lowest BCUT2D eigenvalue weighted by Gasteiger charge is -2.58. The van der Waals surface area contributed by atoms with E-state index in [-0.39, 0.29) is 36.1 Å². The molecule has 2 saturated heterocycles. The highest BCUT2D eigenvalue weighted by Crippen LogP contribution is 2.68. The van der Waals surface area contributed by atoms with Gasteiger partial charge in [-0.1, -0.05) is 50.3 Å². The van der Waals surface area contributed by atoms with Crippen molar-refractivity contribution in [3.05, 3.63) is 64.5 Å². The number of rotatable bonds is 4. The monoisotopic (exact) mass is 683 g/mol. The molecule has 1 unspecified atom stereocenters. The first-order valence-corrected chi connectivity index (χ1v) is 19.3. The Kier molecular flexibility index (Phi) is 8.73. The van der Waals surface area contributed by atoms with E-state index >= 15 is 0 Å². The second-order valence-electron chi connectivity index (χ2n) is 17.6. The summed E-state index contributed by atoms with van der Waals surface area (Å²) in [7, 11) is 0. The largest absolute Gasteiger partial charge is 0.385 e. The molecule has 2 N–H and O–H groups in total. The predicted octanol–water partition coefficient (Wildman–Crippen LogP) is 7.67. The van der Waals surface area contributed by atoms with Crippen molar-refractivity contribution in [3.63, 3.8) is 0 Å². The molecule has 8 rings (SSSR count). The van der Waals surface area contributed by atoms with Crippen LogP contribution in [0.2, 0.25) is 0 Å². The van der Waals surface area contributed by atoms with Crippen molar-refractivity contribution < 1.29 is 29.2 Å². The van der Waals surface area contributed by atoms with Gasteiger partial charge in [0, 0.05) is 53.3 Å². The fourth-order valence-electron chi connectivity index (χ4n) is 10.9. The summed E-state index contributed by atoms with van der Waals surface area (Å²) in [5.74, 6) is 6.54. The van der Waals surface area contributed by atoms with Gasteiger partial charge in [0.1, 0.15) is 12.2 Å². The molecule has 2 aromatic rings. The maximum atomic E-state index is 12.6. The van der Waals surface area contributed by atoms with Crippen LogP contribution in [0.25, 0.3) is 5.69 Å². The van der Waals surface area contributed by atoms with Crippen LogP contribution in [0, 0.1) is 48.4 Å². The van der Waals surface area contributed by atoms with E-state index in [1.54, 1.807) is 0 Å². The molecule has 7 nitrogen and oxygen atoms in total. The minimum atomic E-state index is -1.11. The summed E-state index contributed by atoms with van der Waals surface area (Å²) in [6, 6.07) is 13.4. The quantitative estimate of drug-likeness (QED) is 0.254. The normalized spacial score (nSPS) is 37.4. The average Bonchev–Trinajstić information content (AvgIpc) is 3.58. The van der Waals surface area contributed by atoms with Gasteiger partial charge in [-0.15, -0.1) is 0 Å². The van der Waals surface area contributed by atoms with Crippen molar-refractivity contribution in [1.82, 2.24) is 4.57 Å². The van der Waals surface area contributed by atoms with Crippen molar-refractivity contribution in [1.29, 1.82) is 0 Å². The molecule has 6 aliphatic rings. The number of fused-ring (bicyclic) bond motifs is 4. The van der Waals surface area contributed by atoms with E-state index in [9.17, 15) is 10.2 Å². The van der Waals surface area contributed by atoms with Crippen LogP contribution in [0.15, 0.2) is 47.5 Å². The second-order valence-corrected chi connectivity index (χ2v) is 17.6. The number of aryl methyl sites for hydroxylation is 2. The number of hydrogen-bond donors (Lipinski definition) is 2. The number of aromatic nitrogens is 1. The molecule has 5 fully saturated rings. The van der Waals surface area contributed by atoms with Gasteiger partial charge in [-0.3, -0.25) is 0 Å².